The predicted octanol–water partition coefficient (Wildman–Crippen LogP) is 1.37. The first-order valence-electron chi connectivity index (χ1n) is 2.57. The lowest BCUT2D eigenvalue weighted by atomic mass is 10.6. The summed E-state index contributed by atoms with van der Waals surface area (Å²) in [5.41, 5.74) is 2.85. The Morgan fingerprint density at radius 1 is 1.33 bits per heavy atom. The number of carboxylic acid groups (broad SMARTS) is 1. The first-order chi connectivity index (χ1) is 4.38. The summed E-state index contributed by atoms with van der Waals surface area (Å²) in [7, 11) is 0. The van der Waals surface area contributed by atoms with Crippen molar-refractivity contribution in [2.75, 3.05) is 0 Å². The summed E-state index contributed by atoms with van der Waals surface area (Å²) in [5, 5.41) is 6.89. The Labute approximate surface area is 52.8 Å². The molecule has 0 atom stereocenters. The molecule has 0 spiro atoms. The Balaban J connectivity index is 0.000000120. The third-order valence-electron chi connectivity index (χ3n) is 1.11. The van der Waals surface area contributed by atoms with Crippen molar-refractivity contribution in [1.29, 1.82) is 0 Å². The monoisotopic (exact) mass is 122 g/mol. The highest BCUT2D eigenvalue weighted by Gasteiger charge is 2.06. The van der Waals surface area contributed by atoms with Gasteiger partial charge in [-0.2, -0.15) is 0 Å². The zero-order chi connectivity index (χ0) is 6.69. The van der Waals surface area contributed by atoms with Gasteiger partial charge in [-0.15, -0.1) is 0 Å². The summed E-state index contributed by atoms with van der Waals surface area (Å²) in [6, 6.07) is 8.48. The Morgan fingerprint density at radius 2 is 1.78 bits per heavy atom. The van der Waals surface area contributed by atoms with Gasteiger partial charge in [-0.25, -0.2) is 0 Å². The van der Waals surface area contributed by atoms with Crippen molar-refractivity contribution in [3.05, 3.63) is 24.3 Å². The fourth-order valence-electron chi connectivity index (χ4n) is 0.676. The van der Waals surface area contributed by atoms with E-state index in [1.807, 2.05) is 0 Å². The number of hydrogen-bond acceptors (Lipinski definition) is 1. The van der Waals surface area contributed by atoms with E-state index in [1.54, 1.807) is 0 Å². The first kappa shape index (κ1) is 5.82. The van der Waals surface area contributed by atoms with Crippen molar-refractivity contribution in [1.82, 2.24) is 0 Å². The van der Waals surface area contributed by atoms with Gasteiger partial charge in [-0.1, -0.05) is 18.2 Å². The molecule has 2 nitrogen and oxygen atoms in total. The Kier molecular flexibility index (Phi) is 1.49. The Hall–Kier alpha value is -1.31. The maximum absolute atomic E-state index is 8.36. The average Bonchev–Trinajstić information content (AvgIpc) is 2.43. The highest BCUT2D eigenvalue weighted by atomic mass is 16.3. The molecule has 2 aliphatic rings. The van der Waals surface area contributed by atoms with Crippen molar-refractivity contribution >= 4 is 6.47 Å². The first-order valence-corrected chi connectivity index (χ1v) is 2.57. The number of carbonyl (C=O) groups is 1. The van der Waals surface area contributed by atoms with E-state index < -0.39 is 0 Å². The molecule has 0 bridgehead atoms. The van der Waals surface area contributed by atoms with Crippen molar-refractivity contribution in [3.8, 4) is 11.1 Å². The summed E-state index contributed by atoms with van der Waals surface area (Å²) in [4.78, 5) is 8.36. The minimum atomic E-state index is -0.250. The second-order valence-electron chi connectivity index (χ2n) is 1.69. The molecule has 2 rings (SSSR count). The molecular formula is C7H6O2. The molecule has 0 amide bonds. The van der Waals surface area contributed by atoms with Crippen LogP contribution in [0.25, 0.3) is 11.1 Å². The van der Waals surface area contributed by atoms with Crippen LogP contribution in [0.1, 0.15) is 0 Å². The van der Waals surface area contributed by atoms with Crippen LogP contribution in [0.15, 0.2) is 24.3 Å². The summed E-state index contributed by atoms with van der Waals surface area (Å²) in [5.74, 6) is 0. The van der Waals surface area contributed by atoms with Crippen LogP contribution in [0.5, 0.6) is 0 Å². The van der Waals surface area contributed by atoms with Gasteiger partial charge in [0.2, 0.25) is 0 Å². The summed E-state index contributed by atoms with van der Waals surface area (Å²) >= 11 is 0. The van der Waals surface area contributed by atoms with Crippen LogP contribution in [0.2, 0.25) is 0 Å². The van der Waals surface area contributed by atoms with E-state index in [0.29, 0.717) is 0 Å². The van der Waals surface area contributed by atoms with Gasteiger partial charge in [0, 0.05) is 0 Å². The van der Waals surface area contributed by atoms with Gasteiger partial charge in [0.25, 0.3) is 6.47 Å². The van der Waals surface area contributed by atoms with E-state index in [9.17, 15) is 0 Å². The average molecular weight is 122 g/mol. The third-order valence-corrected chi connectivity index (χ3v) is 1.11. The maximum Gasteiger partial charge on any atom is 0.290 e. The minimum Gasteiger partial charge on any atom is -0.483 e. The highest BCUT2D eigenvalue weighted by Crippen LogP contribution is 2.32. The molecule has 46 valence electrons. The van der Waals surface area contributed by atoms with E-state index in [4.69, 9.17) is 9.90 Å². The molecule has 0 aliphatic heterocycles. The normalized spacial score (nSPS) is 8.89. The third kappa shape index (κ3) is 1.29. The van der Waals surface area contributed by atoms with Gasteiger partial charge in [0.05, 0.1) is 0 Å². The number of rotatable bonds is 0. The second-order valence-corrected chi connectivity index (χ2v) is 1.69. The van der Waals surface area contributed by atoms with Gasteiger partial charge in [-0.05, 0) is 17.2 Å². The van der Waals surface area contributed by atoms with Crippen LogP contribution < -0.4 is 0 Å². The van der Waals surface area contributed by atoms with Crippen molar-refractivity contribution < 1.29 is 9.90 Å². The Morgan fingerprint density at radius 3 is 1.89 bits per heavy atom. The fourth-order valence-corrected chi connectivity index (χ4v) is 0.676. The van der Waals surface area contributed by atoms with Gasteiger partial charge in [-0.3, -0.25) is 4.79 Å². The van der Waals surface area contributed by atoms with Gasteiger partial charge < -0.3 is 5.11 Å². The molecule has 0 radical (unpaired) electrons. The number of benzene rings is 1. The van der Waals surface area contributed by atoms with Crippen LogP contribution in [0, 0.1) is 0 Å². The van der Waals surface area contributed by atoms with E-state index >= 15 is 0 Å². The fraction of sp³-hybridized carbons (Fsp3) is 0. The van der Waals surface area contributed by atoms with Crippen molar-refractivity contribution in [2.24, 2.45) is 0 Å². The molecule has 0 unspecified atom stereocenters. The second kappa shape index (κ2) is 2.31. The zero-order valence-corrected chi connectivity index (χ0v) is 4.74. The van der Waals surface area contributed by atoms with Crippen LogP contribution in [-0.4, -0.2) is 11.6 Å². The maximum atomic E-state index is 8.36. The molecule has 0 fully saturated rings. The van der Waals surface area contributed by atoms with Crippen LogP contribution in [-0.2, 0) is 4.79 Å². The predicted molar refractivity (Wildman–Crippen MR) is 34.1 cm³/mol. The van der Waals surface area contributed by atoms with Crippen molar-refractivity contribution in [2.45, 2.75) is 0 Å². The molecule has 0 aromatic rings. The molecule has 2 heteroatoms. The molecule has 0 aromatic carbocycles. The minimum absolute atomic E-state index is 0.250. The van der Waals surface area contributed by atoms with E-state index in [-0.39, 0.29) is 6.47 Å². The summed E-state index contributed by atoms with van der Waals surface area (Å²) in [6.45, 7) is -0.250. The van der Waals surface area contributed by atoms with Gasteiger partial charge >= 0.3 is 0 Å². The van der Waals surface area contributed by atoms with Gasteiger partial charge in [0.15, 0.2) is 0 Å². The van der Waals surface area contributed by atoms with E-state index in [1.165, 1.54) is 11.1 Å². The summed E-state index contributed by atoms with van der Waals surface area (Å²) in [6.07, 6.45) is 0. The standard InChI is InChI=1S/C6H4.CH2O2/c1-2-5-4-6(5)3-1;2-1-3/h1-4H;1H,(H,2,3). The lowest BCUT2D eigenvalue weighted by Crippen LogP contribution is -1.49. The van der Waals surface area contributed by atoms with E-state index in [2.05, 4.69) is 24.3 Å². The smallest absolute Gasteiger partial charge is 0.290 e. The molecular weight excluding hydrogens is 116 g/mol. The lowest BCUT2D eigenvalue weighted by Gasteiger charge is -1.48. The van der Waals surface area contributed by atoms with Gasteiger partial charge in [0.1, 0.15) is 0 Å². The largest absolute Gasteiger partial charge is 0.483 e. The van der Waals surface area contributed by atoms with E-state index in [0.717, 1.165) is 0 Å². The van der Waals surface area contributed by atoms with Crippen LogP contribution >= 0.6 is 0 Å². The Bertz CT molecular complexity index is 201. The van der Waals surface area contributed by atoms with Crippen LogP contribution in [0.4, 0.5) is 0 Å². The quantitative estimate of drug-likeness (QED) is 0.536. The molecule has 0 aromatic heterocycles. The molecule has 9 heavy (non-hydrogen) atoms. The number of fused-ring (bicyclic) bond motifs is 1. The van der Waals surface area contributed by atoms with Crippen LogP contribution in [0.3, 0.4) is 0 Å². The SMILES string of the molecule is O=CO.c1cc2cc-2c1. The summed E-state index contributed by atoms with van der Waals surface area (Å²) < 4.78 is 0. The molecule has 1 N–H and O–H groups in total. The molecule has 0 heterocycles. The number of hydrogen-bond donors (Lipinski definition) is 1. The van der Waals surface area contributed by atoms with Crippen molar-refractivity contribution in [3.63, 3.8) is 0 Å². The highest BCUT2D eigenvalue weighted by molar-refractivity contribution is 5.80. The molecule has 2 aliphatic carbocycles. The molecule has 0 saturated heterocycles. The zero-order valence-electron chi connectivity index (χ0n) is 4.74. The topological polar surface area (TPSA) is 37.3 Å². The molecule has 0 saturated carbocycles. The lowest BCUT2D eigenvalue weighted by molar-refractivity contribution is -0.122.